The lowest BCUT2D eigenvalue weighted by atomic mass is 9.72. The summed E-state index contributed by atoms with van der Waals surface area (Å²) >= 11 is 1.75. The summed E-state index contributed by atoms with van der Waals surface area (Å²) in [6, 6.07) is 6.35. The molecule has 0 saturated carbocycles. The van der Waals surface area contributed by atoms with E-state index in [0.29, 0.717) is 13.9 Å². The maximum Gasteiger partial charge on any atom is 0.250 e. The molecule has 5 nitrogen and oxygen atoms in total. The van der Waals surface area contributed by atoms with Crippen LogP contribution in [-0.2, 0) is 11.2 Å². The molecule has 0 amide bonds. The minimum atomic E-state index is -1.84. The van der Waals surface area contributed by atoms with Crippen LogP contribution in [0.5, 0.6) is 5.75 Å². The highest BCUT2D eigenvalue weighted by atomic mass is 32.1. The van der Waals surface area contributed by atoms with Crippen LogP contribution < -0.4 is 4.43 Å². The Morgan fingerprint density at radius 2 is 2.03 bits per heavy atom. The molecule has 3 fully saturated rings. The first-order valence-corrected chi connectivity index (χ1v) is 14.9. The lowest BCUT2D eigenvalue weighted by Gasteiger charge is -2.60. The summed E-state index contributed by atoms with van der Waals surface area (Å²) < 4.78 is 15.7. The van der Waals surface area contributed by atoms with Crippen LogP contribution in [0.4, 0.5) is 0 Å². The van der Waals surface area contributed by atoms with Crippen molar-refractivity contribution in [2.45, 2.75) is 63.8 Å². The van der Waals surface area contributed by atoms with E-state index in [2.05, 4.69) is 52.1 Å². The number of piperidine rings is 3. The molecule has 0 radical (unpaired) electrons. The molecule has 2 aromatic rings. The number of hydrogen-bond donors (Lipinski definition) is 0. The fourth-order valence-electron chi connectivity index (χ4n) is 4.70. The third-order valence-corrected chi connectivity index (χ3v) is 12.9. The van der Waals surface area contributed by atoms with Gasteiger partial charge in [-0.3, -0.25) is 4.99 Å². The Balaban J connectivity index is 1.30. The largest absolute Gasteiger partial charge is 0.543 e. The molecule has 0 aliphatic carbocycles. The van der Waals surface area contributed by atoms with Gasteiger partial charge in [-0.2, -0.15) is 0 Å². The number of hydrogen-bond acceptors (Lipinski definition) is 5. The molecule has 4 aliphatic rings. The number of quaternary nitrogens is 1. The lowest BCUT2D eigenvalue weighted by Crippen LogP contribution is -2.69. The summed E-state index contributed by atoms with van der Waals surface area (Å²) in [5.74, 6) is 2.59. The fourth-order valence-corrected chi connectivity index (χ4v) is 6.71. The van der Waals surface area contributed by atoms with Gasteiger partial charge in [-0.25, -0.2) is 4.98 Å². The predicted molar refractivity (Wildman–Crippen MR) is 135 cm³/mol. The average Bonchev–Trinajstić information content (AvgIpc) is 3.24. The molecule has 0 N–H and O–H groups in total. The van der Waals surface area contributed by atoms with E-state index in [1.54, 1.807) is 11.3 Å². The van der Waals surface area contributed by atoms with Crippen molar-refractivity contribution in [2.24, 2.45) is 10.9 Å². The van der Waals surface area contributed by atoms with Crippen molar-refractivity contribution in [2.75, 3.05) is 26.2 Å². The summed E-state index contributed by atoms with van der Waals surface area (Å²) in [5, 5.41) is 1.28. The van der Waals surface area contributed by atoms with E-state index in [1.165, 1.54) is 41.6 Å². The van der Waals surface area contributed by atoms with Crippen LogP contribution in [-0.4, -0.2) is 63.4 Å². The molecule has 31 heavy (non-hydrogen) atoms. The van der Waals surface area contributed by atoms with Gasteiger partial charge >= 0.3 is 0 Å². The third kappa shape index (κ3) is 3.85. The van der Waals surface area contributed by atoms with Crippen LogP contribution in [0, 0.1) is 5.92 Å². The molecule has 5 heterocycles. The van der Waals surface area contributed by atoms with E-state index < -0.39 is 8.32 Å². The van der Waals surface area contributed by atoms with Gasteiger partial charge in [0.2, 0.25) is 8.32 Å². The number of nitrogens with zero attached hydrogens (tertiary/aromatic N) is 3. The summed E-state index contributed by atoms with van der Waals surface area (Å²) in [5.41, 5.74) is 1.06. The van der Waals surface area contributed by atoms with Crippen molar-refractivity contribution in [3.05, 3.63) is 23.2 Å². The van der Waals surface area contributed by atoms with Gasteiger partial charge < -0.3 is 13.6 Å². The van der Waals surface area contributed by atoms with Crippen LogP contribution in [0.2, 0.25) is 18.1 Å². The van der Waals surface area contributed by atoms with E-state index in [9.17, 15) is 0 Å². The summed E-state index contributed by atoms with van der Waals surface area (Å²) in [4.78, 5) is 9.76. The highest BCUT2D eigenvalue weighted by molar-refractivity contribution is 7.18. The zero-order chi connectivity index (χ0) is 22.1. The number of fused-ring (bicyclic) bond motifs is 3. The molecule has 1 aromatic heterocycles. The Morgan fingerprint density at radius 1 is 1.29 bits per heavy atom. The first-order chi connectivity index (χ1) is 14.5. The Labute approximate surface area is 192 Å². The van der Waals surface area contributed by atoms with Crippen molar-refractivity contribution < 1.29 is 13.6 Å². The smallest absolute Gasteiger partial charge is 0.250 e. The van der Waals surface area contributed by atoms with Gasteiger partial charge in [0.1, 0.15) is 10.8 Å². The van der Waals surface area contributed by atoms with Gasteiger partial charge in [-0.1, -0.05) is 20.8 Å². The molecule has 1 atom stereocenters. The number of aliphatic imine (C=N–C) groups is 1. The molecule has 2 bridgehead atoms. The molecule has 4 aliphatic heterocycles. The molecular weight excluding hydrogens is 421 g/mol. The van der Waals surface area contributed by atoms with Gasteiger partial charge in [-0.15, -0.1) is 11.3 Å². The number of ether oxygens (including phenoxy) is 1. The summed E-state index contributed by atoms with van der Waals surface area (Å²) in [6.45, 7) is 16.3. The molecular formula is C23H36BN3O2SSi. The Kier molecular flexibility index (Phi) is 4.89. The monoisotopic (exact) mass is 457 g/mol. The fraction of sp³-hybridized carbons (Fsp3) is 0.652. The van der Waals surface area contributed by atoms with Gasteiger partial charge in [0.05, 0.1) is 29.7 Å². The van der Waals surface area contributed by atoms with E-state index >= 15 is 0 Å². The van der Waals surface area contributed by atoms with Crippen LogP contribution in [0.25, 0.3) is 10.2 Å². The zero-order valence-corrected chi connectivity index (χ0v) is 20.6. The van der Waals surface area contributed by atoms with Crippen LogP contribution in [0.3, 0.4) is 0 Å². The Morgan fingerprint density at radius 3 is 2.71 bits per heavy atom. The number of aromatic nitrogens is 1. The SMILES string of the molecule is [BH3-][N+]12CCC(CC1)C1(CN=C(Cc3nc4ccc(O[Si](C)(C)C(C)(C)C)cc4s3)O1)C2. The van der Waals surface area contributed by atoms with Crippen molar-refractivity contribution in [1.29, 1.82) is 0 Å². The molecule has 3 saturated heterocycles. The second-order valence-corrected chi connectivity index (χ2v) is 16.5. The minimum Gasteiger partial charge on any atom is -0.543 e. The molecule has 8 heteroatoms. The van der Waals surface area contributed by atoms with E-state index in [4.69, 9.17) is 19.1 Å². The number of rotatable bonds is 4. The normalized spacial score (nSPS) is 30.6. The van der Waals surface area contributed by atoms with Crippen molar-refractivity contribution in [3.8, 4) is 5.75 Å². The zero-order valence-electron chi connectivity index (χ0n) is 18.8. The average molecular weight is 458 g/mol. The first kappa shape index (κ1) is 21.5. The highest BCUT2D eigenvalue weighted by Crippen LogP contribution is 2.44. The van der Waals surface area contributed by atoms with Crippen molar-refractivity contribution in [1.82, 2.24) is 4.98 Å². The lowest BCUT2D eigenvalue weighted by molar-refractivity contribution is -0.845. The van der Waals surface area contributed by atoms with E-state index in [0.717, 1.165) is 35.1 Å². The molecule has 168 valence electrons. The second-order valence-electron chi connectivity index (χ2n) is 10.7. The molecule has 6 rings (SSSR count). The standard InChI is InChI=1S/C23H36BN3O2SSi/c1-22(2,3)31(4,5)29-17-6-7-18-19(12-17)30-21(26-18)13-20-25-14-23(28-20)15-27(24)10-8-16(23)9-11-27/h6-7,12,16H,8-11,13-15H2,1-5,24H3. The molecule has 1 aromatic carbocycles. The van der Waals surface area contributed by atoms with Crippen molar-refractivity contribution >= 4 is 43.7 Å². The maximum atomic E-state index is 6.64. The van der Waals surface area contributed by atoms with E-state index in [-0.39, 0.29) is 10.6 Å². The Bertz CT molecular complexity index is 1040. The second kappa shape index (κ2) is 7.06. The van der Waals surface area contributed by atoms with Gasteiger partial charge in [0.15, 0.2) is 19.5 Å². The van der Waals surface area contributed by atoms with Crippen molar-refractivity contribution in [3.63, 3.8) is 0 Å². The first-order valence-electron chi connectivity index (χ1n) is 11.2. The number of thiazole rings is 1. The van der Waals surface area contributed by atoms with Gasteiger partial charge in [0.25, 0.3) is 0 Å². The molecule has 1 spiro atoms. The maximum absolute atomic E-state index is 6.64. The predicted octanol–water partition coefficient (Wildman–Crippen LogP) is 3.91. The summed E-state index contributed by atoms with van der Waals surface area (Å²) in [7, 11) is -1.55. The Hall–Kier alpha value is -1.38. The van der Waals surface area contributed by atoms with E-state index in [1.807, 2.05) is 0 Å². The summed E-state index contributed by atoms with van der Waals surface area (Å²) in [6.07, 6.45) is 3.40. The number of benzene rings is 1. The topological polar surface area (TPSA) is 43.7 Å². The van der Waals surface area contributed by atoms with Crippen LogP contribution in [0.15, 0.2) is 23.2 Å². The minimum absolute atomic E-state index is 0.00837. The van der Waals surface area contributed by atoms with Gasteiger partial charge in [-0.05, 0) is 49.2 Å². The van der Waals surface area contributed by atoms with Gasteiger partial charge in [0, 0.05) is 19.0 Å². The third-order valence-electron chi connectivity index (χ3n) is 7.55. The highest BCUT2D eigenvalue weighted by Gasteiger charge is 2.55. The van der Waals surface area contributed by atoms with Crippen LogP contribution in [0.1, 0.15) is 38.6 Å². The van der Waals surface area contributed by atoms with Crippen LogP contribution >= 0.6 is 11.3 Å². The quantitative estimate of drug-likeness (QED) is 0.654. The molecule has 1 unspecified atom stereocenters.